The van der Waals surface area contributed by atoms with Crippen molar-refractivity contribution >= 4 is 11.4 Å². The number of hydrogen-bond acceptors (Lipinski definition) is 6. The second-order valence-corrected chi connectivity index (χ2v) is 3.49. The van der Waals surface area contributed by atoms with Gasteiger partial charge in [-0.3, -0.25) is 0 Å². The molecule has 6 heteroatoms. The number of nitrogen functional groups attached to an aromatic ring is 2. The van der Waals surface area contributed by atoms with E-state index in [1.54, 1.807) is 6.07 Å². The zero-order valence-electron chi connectivity index (χ0n) is 9.10. The van der Waals surface area contributed by atoms with Crippen molar-refractivity contribution in [3.05, 3.63) is 11.8 Å². The first kappa shape index (κ1) is 11.0. The van der Waals surface area contributed by atoms with E-state index in [9.17, 15) is 0 Å². The van der Waals surface area contributed by atoms with E-state index in [-0.39, 0.29) is 6.29 Å². The zero-order valence-corrected chi connectivity index (χ0v) is 9.10. The molecular weight excluding hydrogens is 210 g/mol. The molecular formula is C10H15N3O3. The van der Waals surface area contributed by atoms with E-state index in [0.29, 0.717) is 42.6 Å². The third kappa shape index (κ3) is 2.17. The third-order valence-corrected chi connectivity index (χ3v) is 2.41. The highest BCUT2D eigenvalue weighted by Gasteiger charge is 2.19. The summed E-state index contributed by atoms with van der Waals surface area (Å²) in [6.07, 6.45) is 0.189. The van der Waals surface area contributed by atoms with Gasteiger partial charge in [0.1, 0.15) is 0 Å². The number of nitrogens with zero attached hydrogens (tertiary/aromatic N) is 1. The Bertz CT molecular complexity index is 378. The summed E-state index contributed by atoms with van der Waals surface area (Å²) in [7, 11) is 1.53. The summed E-state index contributed by atoms with van der Waals surface area (Å²) in [5.74, 6) is 0.444. The van der Waals surface area contributed by atoms with Gasteiger partial charge in [-0.05, 0) is 0 Å². The summed E-state index contributed by atoms with van der Waals surface area (Å²) in [6.45, 7) is 1.20. The topological polar surface area (TPSA) is 92.6 Å². The smallest absolute Gasteiger partial charge is 0.215 e. The number of nitrogens with two attached hydrogens (primary N) is 2. The van der Waals surface area contributed by atoms with E-state index in [1.165, 1.54) is 7.11 Å². The van der Waals surface area contributed by atoms with E-state index in [4.69, 9.17) is 25.7 Å². The number of rotatable bonds is 3. The molecule has 0 spiro atoms. The van der Waals surface area contributed by atoms with Gasteiger partial charge in [-0.1, -0.05) is 0 Å². The van der Waals surface area contributed by atoms with Crippen LogP contribution in [0.15, 0.2) is 6.07 Å². The number of anilines is 2. The molecule has 1 aromatic rings. The largest absolute Gasteiger partial charge is 0.481 e. The van der Waals surface area contributed by atoms with Crippen LogP contribution in [0.25, 0.3) is 0 Å². The molecule has 2 rings (SSSR count). The lowest BCUT2D eigenvalue weighted by molar-refractivity contribution is -0.0405. The van der Waals surface area contributed by atoms with E-state index in [0.717, 1.165) is 0 Å². The first-order valence-corrected chi connectivity index (χ1v) is 5.02. The number of hydrogen-bond donors (Lipinski definition) is 2. The summed E-state index contributed by atoms with van der Waals surface area (Å²) in [5.41, 5.74) is 13.1. The fraction of sp³-hybridized carbons (Fsp3) is 0.500. The molecule has 0 saturated carbocycles. The van der Waals surface area contributed by atoms with Crippen molar-refractivity contribution in [3.8, 4) is 5.88 Å². The molecule has 16 heavy (non-hydrogen) atoms. The maximum absolute atomic E-state index is 5.83. The van der Waals surface area contributed by atoms with Crippen LogP contribution in [0.2, 0.25) is 0 Å². The van der Waals surface area contributed by atoms with E-state index in [2.05, 4.69) is 4.98 Å². The second kappa shape index (κ2) is 4.54. The third-order valence-electron chi connectivity index (χ3n) is 2.41. The first-order valence-electron chi connectivity index (χ1n) is 5.02. The molecule has 1 aromatic heterocycles. The summed E-state index contributed by atoms with van der Waals surface area (Å²) in [5, 5.41) is 0. The van der Waals surface area contributed by atoms with Gasteiger partial charge in [0, 0.05) is 12.5 Å². The van der Waals surface area contributed by atoms with Crippen LogP contribution in [0.5, 0.6) is 5.88 Å². The Kier molecular flexibility index (Phi) is 3.12. The number of pyridine rings is 1. The monoisotopic (exact) mass is 225 g/mol. The minimum absolute atomic E-state index is 0.290. The summed E-state index contributed by atoms with van der Waals surface area (Å²) in [4.78, 5) is 4.23. The molecule has 0 atom stereocenters. The Balaban J connectivity index is 2.20. The summed E-state index contributed by atoms with van der Waals surface area (Å²) >= 11 is 0. The van der Waals surface area contributed by atoms with Crippen molar-refractivity contribution in [3.63, 3.8) is 0 Å². The Morgan fingerprint density at radius 1 is 1.44 bits per heavy atom. The lowest BCUT2D eigenvalue weighted by Gasteiger charge is -2.12. The van der Waals surface area contributed by atoms with E-state index >= 15 is 0 Å². The van der Waals surface area contributed by atoms with Crippen LogP contribution in [-0.2, 0) is 15.9 Å². The van der Waals surface area contributed by atoms with Crippen LogP contribution in [0, 0.1) is 0 Å². The minimum Gasteiger partial charge on any atom is -0.481 e. The average Bonchev–Trinajstić information content (AvgIpc) is 2.77. The molecule has 1 aliphatic rings. The molecule has 0 radical (unpaired) electrons. The molecule has 0 aromatic carbocycles. The highest BCUT2D eigenvalue weighted by Crippen LogP contribution is 2.25. The molecule has 0 aliphatic carbocycles. The van der Waals surface area contributed by atoms with Crippen LogP contribution >= 0.6 is 0 Å². The highest BCUT2D eigenvalue weighted by atomic mass is 16.7. The lowest BCUT2D eigenvalue weighted by Crippen LogP contribution is -2.15. The maximum atomic E-state index is 5.83. The normalized spacial score (nSPS) is 16.6. The Labute approximate surface area is 93.5 Å². The molecule has 88 valence electrons. The van der Waals surface area contributed by atoms with Crippen LogP contribution in [-0.4, -0.2) is 31.6 Å². The van der Waals surface area contributed by atoms with Crippen LogP contribution in [0.4, 0.5) is 11.4 Å². The Morgan fingerprint density at radius 2 is 2.12 bits per heavy atom. The molecule has 0 bridgehead atoms. The molecule has 1 saturated heterocycles. The highest BCUT2D eigenvalue weighted by molar-refractivity contribution is 5.67. The van der Waals surface area contributed by atoms with Crippen LogP contribution in [0.1, 0.15) is 5.69 Å². The van der Waals surface area contributed by atoms with Gasteiger partial charge < -0.3 is 25.7 Å². The molecule has 1 aliphatic heterocycles. The standard InChI is InChI=1S/C10H15N3O3/c1-14-8-4-6(11)10(12)7(13-8)5-9-15-2-3-16-9/h4,9H,2-3,5,12H2,1H3,(H2,11,13). The molecule has 2 heterocycles. The quantitative estimate of drug-likeness (QED) is 0.761. The van der Waals surface area contributed by atoms with Gasteiger partial charge >= 0.3 is 0 Å². The number of methoxy groups -OCH3 is 1. The van der Waals surface area contributed by atoms with Gasteiger partial charge in [0.25, 0.3) is 0 Å². The fourth-order valence-corrected chi connectivity index (χ4v) is 1.55. The van der Waals surface area contributed by atoms with Gasteiger partial charge in [0.2, 0.25) is 5.88 Å². The summed E-state index contributed by atoms with van der Waals surface area (Å²) in [6, 6.07) is 1.59. The first-order chi connectivity index (χ1) is 7.70. The average molecular weight is 225 g/mol. The van der Waals surface area contributed by atoms with Gasteiger partial charge in [-0.25, -0.2) is 4.98 Å². The number of ether oxygens (including phenoxy) is 3. The second-order valence-electron chi connectivity index (χ2n) is 3.49. The predicted octanol–water partition coefficient (Wildman–Crippen LogP) is 0.170. The van der Waals surface area contributed by atoms with Crippen molar-refractivity contribution in [1.82, 2.24) is 4.98 Å². The SMILES string of the molecule is COc1cc(N)c(N)c(CC2OCCO2)n1. The number of aromatic nitrogens is 1. The molecule has 1 fully saturated rings. The van der Waals surface area contributed by atoms with Gasteiger partial charge in [0.15, 0.2) is 6.29 Å². The Hall–Kier alpha value is -1.53. The minimum atomic E-state index is -0.290. The van der Waals surface area contributed by atoms with Crippen LogP contribution < -0.4 is 16.2 Å². The van der Waals surface area contributed by atoms with Crippen molar-refractivity contribution in [2.75, 3.05) is 31.8 Å². The molecule has 4 N–H and O–H groups in total. The van der Waals surface area contributed by atoms with E-state index < -0.39 is 0 Å². The fourth-order valence-electron chi connectivity index (χ4n) is 1.55. The Morgan fingerprint density at radius 3 is 2.75 bits per heavy atom. The summed E-state index contributed by atoms with van der Waals surface area (Å²) < 4.78 is 15.7. The molecule has 0 amide bonds. The molecule has 0 unspecified atom stereocenters. The van der Waals surface area contributed by atoms with Gasteiger partial charge in [-0.2, -0.15) is 0 Å². The molecule has 6 nitrogen and oxygen atoms in total. The lowest BCUT2D eigenvalue weighted by atomic mass is 10.2. The van der Waals surface area contributed by atoms with Crippen molar-refractivity contribution < 1.29 is 14.2 Å². The van der Waals surface area contributed by atoms with Crippen molar-refractivity contribution in [2.24, 2.45) is 0 Å². The van der Waals surface area contributed by atoms with E-state index in [1.807, 2.05) is 0 Å². The maximum Gasteiger partial charge on any atom is 0.215 e. The van der Waals surface area contributed by atoms with Gasteiger partial charge in [0.05, 0.1) is 37.4 Å². The van der Waals surface area contributed by atoms with Crippen molar-refractivity contribution in [2.45, 2.75) is 12.7 Å². The van der Waals surface area contributed by atoms with Crippen LogP contribution in [0.3, 0.4) is 0 Å². The van der Waals surface area contributed by atoms with Gasteiger partial charge in [-0.15, -0.1) is 0 Å². The zero-order chi connectivity index (χ0) is 11.5. The van der Waals surface area contributed by atoms with Crippen molar-refractivity contribution in [1.29, 1.82) is 0 Å². The predicted molar refractivity (Wildman–Crippen MR) is 59.0 cm³/mol.